The van der Waals surface area contributed by atoms with E-state index in [1.807, 2.05) is 0 Å². The summed E-state index contributed by atoms with van der Waals surface area (Å²) < 4.78 is 15.1. The fourth-order valence-electron chi connectivity index (χ4n) is 1.22. The van der Waals surface area contributed by atoms with Crippen LogP contribution < -0.4 is 0 Å². The van der Waals surface area contributed by atoms with Crippen molar-refractivity contribution in [3.8, 4) is 0 Å². The van der Waals surface area contributed by atoms with Gasteiger partial charge in [-0.3, -0.25) is 0 Å². The second kappa shape index (κ2) is 3.20. The van der Waals surface area contributed by atoms with Crippen LogP contribution in [0, 0.1) is 0 Å². The van der Waals surface area contributed by atoms with Gasteiger partial charge in [0.25, 0.3) is 0 Å². The first kappa shape index (κ1) is 8.28. The Kier molecular flexibility index (Phi) is 2.03. The van der Waals surface area contributed by atoms with Crippen molar-refractivity contribution in [3.05, 3.63) is 23.7 Å². The molecular formula is C8H8O5. The number of aromatic carboxylic acids is 1. The van der Waals surface area contributed by atoms with Gasteiger partial charge in [-0.15, -0.1) is 0 Å². The maximum Gasteiger partial charge on any atom is 0.372 e. The lowest BCUT2D eigenvalue weighted by Gasteiger charge is -2.06. The highest BCUT2D eigenvalue weighted by Crippen LogP contribution is 2.26. The first-order valence-electron chi connectivity index (χ1n) is 3.83. The van der Waals surface area contributed by atoms with Crippen molar-refractivity contribution >= 4 is 5.97 Å². The molecule has 0 radical (unpaired) electrons. The van der Waals surface area contributed by atoms with Crippen LogP contribution in [0.3, 0.4) is 0 Å². The third kappa shape index (κ3) is 1.43. The molecule has 0 atom stereocenters. The molecule has 0 aliphatic carbocycles. The Morgan fingerprint density at radius 1 is 1.46 bits per heavy atom. The second-order valence-corrected chi connectivity index (χ2v) is 2.58. The van der Waals surface area contributed by atoms with Crippen molar-refractivity contribution in [2.75, 3.05) is 13.2 Å². The molecule has 1 N–H and O–H groups in total. The summed E-state index contributed by atoms with van der Waals surface area (Å²) in [7, 11) is 0. The van der Waals surface area contributed by atoms with Crippen LogP contribution in [0.4, 0.5) is 0 Å². The van der Waals surface area contributed by atoms with Crippen molar-refractivity contribution < 1.29 is 23.8 Å². The van der Waals surface area contributed by atoms with Gasteiger partial charge >= 0.3 is 5.97 Å². The monoisotopic (exact) mass is 184 g/mol. The topological polar surface area (TPSA) is 68.9 Å². The summed E-state index contributed by atoms with van der Waals surface area (Å²) in [5.74, 6) is -1.23. The highest BCUT2D eigenvalue weighted by Gasteiger charge is 2.26. The van der Waals surface area contributed by atoms with Crippen LogP contribution in [-0.4, -0.2) is 24.3 Å². The molecule has 2 heterocycles. The Labute approximate surface area is 73.9 Å². The van der Waals surface area contributed by atoms with Crippen LogP contribution in [0.25, 0.3) is 0 Å². The lowest BCUT2D eigenvalue weighted by atomic mass is 10.2. The van der Waals surface area contributed by atoms with Gasteiger partial charge in [-0.25, -0.2) is 4.79 Å². The van der Waals surface area contributed by atoms with E-state index >= 15 is 0 Å². The summed E-state index contributed by atoms with van der Waals surface area (Å²) in [5.41, 5.74) is 0.435. The third-order valence-corrected chi connectivity index (χ3v) is 1.77. The Morgan fingerprint density at radius 3 is 2.77 bits per heavy atom. The zero-order valence-electron chi connectivity index (χ0n) is 6.73. The van der Waals surface area contributed by atoms with Crippen LogP contribution in [0.1, 0.15) is 22.4 Å². The van der Waals surface area contributed by atoms with Gasteiger partial charge in [0.2, 0.25) is 5.76 Å². The normalized spacial score (nSPS) is 17.8. The van der Waals surface area contributed by atoms with E-state index in [0.717, 1.165) is 0 Å². The zero-order chi connectivity index (χ0) is 9.26. The molecule has 0 aromatic carbocycles. The Balaban J connectivity index is 2.28. The minimum absolute atomic E-state index is 0.119. The van der Waals surface area contributed by atoms with Crippen molar-refractivity contribution in [1.82, 2.24) is 0 Å². The summed E-state index contributed by atoms with van der Waals surface area (Å²) >= 11 is 0. The van der Waals surface area contributed by atoms with E-state index in [9.17, 15) is 4.79 Å². The molecule has 0 amide bonds. The molecule has 1 aromatic rings. The fraction of sp³-hybridized carbons (Fsp3) is 0.375. The van der Waals surface area contributed by atoms with Crippen molar-refractivity contribution in [2.24, 2.45) is 0 Å². The lowest BCUT2D eigenvalue weighted by molar-refractivity contribution is -0.0453. The van der Waals surface area contributed by atoms with Gasteiger partial charge in [0.1, 0.15) is 0 Å². The molecule has 0 unspecified atom stereocenters. The third-order valence-electron chi connectivity index (χ3n) is 1.77. The molecule has 5 heteroatoms. The molecule has 2 rings (SSSR count). The molecule has 0 bridgehead atoms. The molecule has 1 aliphatic heterocycles. The molecule has 1 aromatic heterocycles. The summed E-state index contributed by atoms with van der Waals surface area (Å²) in [6.45, 7) is 0.962. The number of carboxylic acids is 1. The molecular weight excluding hydrogens is 176 g/mol. The quantitative estimate of drug-likeness (QED) is 0.743. The van der Waals surface area contributed by atoms with E-state index < -0.39 is 12.3 Å². The SMILES string of the molecule is O=C(O)c1occc1C1OCCO1. The maximum atomic E-state index is 10.6. The van der Waals surface area contributed by atoms with Crippen molar-refractivity contribution in [2.45, 2.75) is 6.29 Å². The second-order valence-electron chi connectivity index (χ2n) is 2.58. The van der Waals surface area contributed by atoms with Gasteiger partial charge in [0, 0.05) is 0 Å². The Bertz CT molecular complexity index is 310. The number of furan rings is 1. The van der Waals surface area contributed by atoms with Crippen LogP contribution in [0.15, 0.2) is 16.7 Å². The predicted molar refractivity (Wildman–Crippen MR) is 40.3 cm³/mol. The summed E-state index contributed by atoms with van der Waals surface area (Å²) in [4.78, 5) is 10.6. The van der Waals surface area contributed by atoms with E-state index in [2.05, 4.69) is 0 Å². The minimum atomic E-state index is -1.11. The van der Waals surface area contributed by atoms with Gasteiger partial charge in [-0.2, -0.15) is 0 Å². The first-order valence-corrected chi connectivity index (χ1v) is 3.83. The highest BCUT2D eigenvalue weighted by molar-refractivity contribution is 5.86. The number of rotatable bonds is 2. The standard InChI is InChI=1S/C8H8O5/c9-7(10)6-5(1-2-11-6)8-12-3-4-13-8/h1-2,8H,3-4H2,(H,9,10). The first-order chi connectivity index (χ1) is 6.29. The van der Waals surface area contributed by atoms with Crippen LogP contribution in [-0.2, 0) is 9.47 Å². The number of carbonyl (C=O) groups is 1. The van der Waals surface area contributed by atoms with Gasteiger partial charge in [-0.1, -0.05) is 0 Å². The van der Waals surface area contributed by atoms with E-state index in [-0.39, 0.29) is 5.76 Å². The summed E-state index contributed by atoms with van der Waals surface area (Å²) in [5, 5.41) is 8.71. The van der Waals surface area contributed by atoms with Gasteiger partial charge in [0.05, 0.1) is 25.0 Å². The maximum absolute atomic E-state index is 10.6. The highest BCUT2D eigenvalue weighted by atomic mass is 16.7. The van der Waals surface area contributed by atoms with Crippen LogP contribution in [0.5, 0.6) is 0 Å². The van der Waals surface area contributed by atoms with Crippen molar-refractivity contribution in [1.29, 1.82) is 0 Å². The number of ether oxygens (including phenoxy) is 2. The fourth-order valence-corrected chi connectivity index (χ4v) is 1.22. The molecule has 0 saturated carbocycles. The largest absolute Gasteiger partial charge is 0.475 e. The van der Waals surface area contributed by atoms with E-state index in [4.69, 9.17) is 19.0 Å². The minimum Gasteiger partial charge on any atom is -0.475 e. The molecule has 13 heavy (non-hydrogen) atoms. The molecule has 1 aliphatic rings. The van der Waals surface area contributed by atoms with Crippen LogP contribution >= 0.6 is 0 Å². The van der Waals surface area contributed by atoms with E-state index in [1.165, 1.54) is 6.26 Å². The summed E-state index contributed by atoms with van der Waals surface area (Å²) in [6.07, 6.45) is 0.717. The molecule has 5 nitrogen and oxygen atoms in total. The van der Waals surface area contributed by atoms with Crippen molar-refractivity contribution in [3.63, 3.8) is 0 Å². The summed E-state index contributed by atoms with van der Waals surface area (Å²) in [6, 6.07) is 1.54. The smallest absolute Gasteiger partial charge is 0.372 e. The van der Waals surface area contributed by atoms with Gasteiger partial charge in [-0.05, 0) is 6.07 Å². The number of carboxylic acid groups (broad SMARTS) is 1. The molecule has 1 fully saturated rings. The van der Waals surface area contributed by atoms with E-state index in [0.29, 0.717) is 18.8 Å². The Morgan fingerprint density at radius 2 is 2.15 bits per heavy atom. The predicted octanol–water partition coefficient (Wildman–Crippen LogP) is 1.02. The number of hydrogen-bond donors (Lipinski definition) is 1. The van der Waals surface area contributed by atoms with Gasteiger partial charge < -0.3 is 19.0 Å². The average Bonchev–Trinajstić information content (AvgIpc) is 2.74. The molecule has 70 valence electrons. The zero-order valence-corrected chi connectivity index (χ0v) is 6.73. The Hall–Kier alpha value is -1.33. The molecule has 0 spiro atoms. The number of hydrogen-bond acceptors (Lipinski definition) is 4. The molecule has 1 saturated heterocycles. The average molecular weight is 184 g/mol. The lowest BCUT2D eigenvalue weighted by Crippen LogP contribution is -2.04. The van der Waals surface area contributed by atoms with Crippen LogP contribution in [0.2, 0.25) is 0 Å². The van der Waals surface area contributed by atoms with Gasteiger partial charge in [0.15, 0.2) is 6.29 Å². The van der Waals surface area contributed by atoms with E-state index in [1.54, 1.807) is 6.07 Å².